The number of nitrogens with one attached hydrogen (secondary N) is 1. The van der Waals surface area contributed by atoms with Crippen LogP contribution in [0.1, 0.15) is 41.5 Å². The molecule has 7 nitrogen and oxygen atoms in total. The molecule has 21 heavy (non-hydrogen) atoms. The molecule has 2 heterocycles. The molecule has 2 N–H and O–H groups in total. The minimum absolute atomic E-state index is 0.114. The molecule has 0 saturated carbocycles. The van der Waals surface area contributed by atoms with Gasteiger partial charge in [0.1, 0.15) is 6.04 Å². The second-order valence-corrected chi connectivity index (χ2v) is 6.04. The zero-order valence-corrected chi connectivity index (χ0v) is 12.6. The zero-order valence-electron chi connectivity index (χ0n) is 11.8. The van der Waals surface area contributed by atoms with E-state index in [-0.39, 0.29) is 11.8 Å². The molecule has 2 aromatic rings. The van der Waals surface area contributed by atoms with Crippen LogP contribution in [0, 0.1) is 13.8 Å². The SMILES string of the molecule is Cc1ccc2c(c1C)C(C)C(c1n[nH]c(=O)o1)N2S(=O)O. The highest BCUT2D eigenvalue weighted by Gasteiger charge is 2.43. The summed E-state index contributed by atoms with van der Waals surface area (Å²) in [7, 11) is 0. The lowest BCUT2D eigenvalue weighted by molar-refractivity contribution is 0.409. The van der Waals surface area contributed by atoms with Crippen LogP contribution in [0.2, 0.25) is 0 Å². The second kappa shape index (κ2) is 4.81. The Morgan fingerprint density at radius 1 is 1.43 bits per heavy atom. The van der Waals surface area contributed by atoms with E-state index < -0.39 is 23.1 Å². The van der Waals surface area contributed by atoms with Crippen molar-refractivity contribution in [2.45, 2.75) is 32.7 Å². The third-order valence-corrected chi connectivity index (χ3v) is 4.82. The fourth-order valence-corrected chi connectivity index (χ4v) is 3.76. The van der Waals surface area contributed by atoms with Crippen molar-refractivity contribution in [3.8, 4) is 0 Å². The Balaban J connectivity index is 2.22. The second-order valence-electron chi connectivity index (χ2n) is 5.18. The summed E-state index contributed by atoms with van der Waals surface area (Å²) in [6.45, 7) is 5.90. The van der Waals surface area contributed by atoms with Gasteiger partial charge >= 0.3 is 5.76 Å². The van der Waals surface area contributed by atoms with Crippen LogP contribution in [-0.2, 0) is 11.3 Å². The summed E-state index contributed by atoms with van der Waals surface area (Å²) >= 11 is -2.24. The molecule has 0 aliphatic carbocycles. The minimum atomic E-state index is -2.24. The fraction of sp³-hybridized carbons (Fsp3) is 0.385. The lowest BCUT2D eigenvalue weighted by Crippen LogP contribution is -2.28. The average Bonchev–Trinajstić information content (AvgIpc) is 2.96. The Morgan fingerprint density at radius 2 is 2.14 bits per heavy atom. The Labute approximate surface area is 123 Å². The van der Waals surface area contributed by atoms with Crippen LogP contribution in [-0.4, -0.2) is 19.0 Å². The topological polar surface area (TPSA) is 99.4 Å². The van der Waals surface area contributed by atoms with Gasteiger partial charge < -0.3 is 4.42 Å². The minimum Gasteiger partial charge on any atom is -0.390 e. The van der Waals surface area contributed by atoms with Gasteiger partial charge in [-0.05, 0) is 36.6 Å². The van der Waals surface area contributed by atoms with Crippen LogP contribution in [0.5, 0.6) is 0 Å². The van der Waals surface area contributed by atoms with E-state index in [9.17, 15) is 13.6 Å². The lowest BCUT2D eigenvalue weighted by atomic mass is 9.91. The standard InChI is InChI=1S/C13H15N3O4S/c1-6-4-5-9-10(7(6)2)8(3)11(16(9)21(18)19)12-14-15-13(17)20-12/h4-5,8,11H,1-3H3,(H,15,17)(H,18,19). The van der Waals surface area contributed by atoms with Crippen molar-refractivity contribution in [2.75, 3.05) is 4.31 Å². The van der Waals surface area contributed by atoms with Gasteiger partial charge in [0.25, 0.3) is 11.3 Å². The molecule has 1 aromatic carbocycles. The number of H-pyrrole nitrogens is 1. The third-order valence-electron chi connectivity index (χ3n) is 4.06. The summed E-state index contributed by atoms with van der Waals surface area (Å²) in [6, 6.07) is 3.13. The molecule has 3 unspecified atom stereocenters. The van der Waals surface area contributed by atoms with E-state index in [0.717, 1.165) is 16.7 Å². The predicted octanol–water partition coefficient (Wildman–Crippen LogP) is 1.78. The van der Waals surface area contributed by atoms with Crippen LogP contribution >= 0.6 is 0 Å². The summed E-state index contributed by atoms with van der Waals surface area (Å²) in [5, 5.41) is 6.02. The van der Waals surface area contributed by atoms with E-state index in [0.29, 0.717) is 5.69 Å². The molecule has 1 aliphatic rings. The molecule has 0 amide bonds. The van der Waals surface area contributed by atoms with Crippen molar-refractivity contribution >= 4 is 17.0 Å². The maximum absolute atomic E-state index is 11.8. The number of aryl methyl sites for hydroxylation is 1. The van der Waals surface area contributed by atoms with Crippen molar-refractivity contribution in [1.29, 1.82) is 0 Å². The molecule has 1 aliphatic heterocycles. The number of aromatic amines is 1. The highest BCUT2D eigenvalue weighted by atomic mass is 32.2. The van der Waals surface area contributed by atoms with E-state index in [4.69, 9.17) is 4.42 Å². The van der Waals surface area contributed by atoms with Crippen LogP contribution < -0.4 is 10.1 Å². The van der Waals surface area contributed by atoms with Gasteiger partial charge in [0.15, 0.2) is 0 Å². The van der Waals surface area contributed by atoms with E-state index in [1.54, 1.807) is 0 Å². The van der Waals surface area contributed by atoms with Crippen molar-refractivity contribution in [2.24, 2.45) is 0 Å². The average molecular weight is 309 g/mol. The number of anilines is 1. The summed E-state index contributed by atoms with van der Waals surface area (Å²) in [5.74, 6) is -0.685. The Kier molecular flexibility index (Phi) is 3.22. The molecule has 0 saturated heterocycles. The maximum Gasteiger partial charge on any atom is 0.434 e. The van der Waals surface area contributed by atoms with Gasteiger partial charge in [-0.3, -0.25) is 8.86 Å². The molecule has 3 rings (SSSR count). The molecular formula is C13H15N3O4S. The van der Waals surface area contributed by atoms with Crippen LogP contribution in [0.25, 0.3) is 0 Å². The van der Waals surface area contributed by atoms with Gasteiger partial charge in [0, 0.05) is 5.92 Å². The van der Waals surface area contributed by atoms with E-state index in [2.05, 4.69) is 10.2 Å². The van der Waals surface area contributed by atoms with Crippen LogP contribution in [0.15, 0.2) is 21.3 Å². The Hall–Kier alpha value is -1.93. The van der Waals surface area contributed by atoms with E-state index in [1.807, 2.05) is 32.9 Å². The number of nitrogens with zero attached hydrogens (tertiary/aromatic N) is 2. The van der Waals surface area contributed by atoms with E-state index in [1.165, 1.54) is 4.31 Å². The van der Waals surface area contributed by atoms with Gasteiger partial charge in [-0.2, -0.15) is 0 Å². The summed E-state index contributed by atoms with van der Waals surface area (Å²) in [6.07, 6.45) is 0. The molecule has 3 atom stereocenters. The normalized spacial score (nSPS) is 22.4. The molecule has 112 valence electrons. The summed E-state index contributed by atoms with van der Waals surface area (Å²) < 4.78 is 27.8. The molecular weight excluding hydrogens is 294 g/mol. The highest BCUT2D eigenvalue weighted by Crippen LogP contribution is 2.50. The molecule has 8 heteroatoms. The van der Waals surface area contributed by atoms with Crippen molar-refractivity contribution < 1.29 is 13.2 Å². The number of hydrogen-bond acceptors (Lipinski definition) is 4. The molecule has 1 aromatic heterocycles. The van der Waals surface area contributed by atoms with Crippen LogP contribution in [0.3, 0.4) is 0 Å². The van der Waals surface area contributed by atoms with E-state index >= 15 is 0 Å². The molecule has 0 fully saturated rings. The first-order chi connectivity index (χ1) is 9.91. The number of benzene rings is 1. The summed E-state index contributed by atoms with van der Waals surface area (Å²) in [4.78, 5) is 11.2. The Bertz CT molecular complexity index is 782. The van der Waals surface area contributed by atoms with Gasteiger partial charge in [-0.1, -0.05) is 13.0 Å². The van der Waals surface area contributed by atoms with Crippen molar-refractivity contribution in [3.63, 3.8) is 0 Å². The van der Waals surface area contributed by atoms with Gasteiger partial charge in [-0.25, -0.2) is 14.1 Å². The molecule has 0 radical (unpaired) electrons. The number of aromatic nitrogens is 2. The van der Waals surface area contributed by atoms with Gasteiger partial charge in [0.2, 0.25) is 5.89 Å². The first-order valence-corrected chi connectivity index (χ1v) is 7.54. The Morgan fingerprint density at radius 3 is 2.71 bits per heavy atom. The molecule has 0 bridgehead atoms. The number of rotatable bonds is 2. The van der Waals surface area contributed by atoms with Crippen LogP contribution in [0.4, 0.5) is 5.69 Å². The van der Waals surface area contributed by atoms with Gasteiger partial charge in [-0.15, -0.1) is 5.10 Å². The predicted molar refractivity (Wildman–Crippen MR) is 77.4 cm³/mol. The number of fused-ring (bicyclic) bond motifs is 1. The highest BCUT2D eigenvalue weighted by molar-refractivity contribution is 7.80. The quantitative estimate of drug-likeness (QED) is 0.824. The largest absolute Gasteiger partial charge is 0.434 e. The monoisotopic (exact) mass is 309 g/mol. The summed E-state index contributed by atoms with van der Waals surface area (Å²) in [5.41, 5.74) is 3.82. The first kappa shape index (κ1) is 14.0. The zero-order chi connectivity index (χ0) is 15.3. The smallest absolute Gasteiger partial charge is 0.390 e. The first-order valence-electron chi connectivity index (χ1n) is 6.47. The lowest BCUT2D eigenvalue weighted by Gasteiger charge is -2.21. The molecule has 0 spiro atoms. The number of hydrogen-bond donors (Lipinski definition) is 2. The third kappa shape index (κ3) is 2.02. The fourth-order valence-electron chi connectivity index (χ4n) is 2.96. The van der Waals surface area contributed by atoms with Crippen molar-refractivity contribution in [1.82, 2.24) is 10.2 Å². The van der Waals surface area contributed by atoms with Crippen molar-refractivity contribution in [3.05, 3.63) is 45.3 Å². The van der Waals surface area contributed by atoms with Gasteiger partial charge in [0.05, 0.1) is 5.69 Å². The maximum atomic E-state index is 11.8.